The molecule has 2 heterocycles. The third kappa shape index (κ3) is 3.23. The molecule has 0 bridgehead atoms. The van der Waals surface area contributed by atoms with Gasteiger partial charge in [-0.15, -0.1) is 0 Å². The number of hydrogen-bond donors (Lipinski definition) is 1. The van der Waals surface area contributed by atoms with Gasteiger partial charge in [0.2, 0.25) is 0 Å². The fourth-order valence-electron chi connectivity index (χ4n) is 3.47. The summed E-state index contributed by atoms with van der Waals surface area (Å²) in [6.07, 6.45) is 2.61. The first-order valence-corrected chi connectivity index (χ1v) is 8.39. The Hall–Kier alpha value is -1.26. The van der Waals surface area contributed by atoms with Crippen LogP contribution < -0.4 is 14.8 Å². The molecule has 1 aromatic carbocycles. The summed E-state index contributed by atoms with van der Waals surface area (Å²) in [6.45, 7) is 8.59. The van der Waals surface area contributed by atoms with Crippen molar-refractivity contribution < 1.29 is 9.47 Å². The number of likely N-dealkylation sites (tertiary alicyclic amines) is 1. The predicted octanol–water partition coefficient (Wildman–Crippen LogP) is 2.54. The van der Waals surface area contributed by atoms with Gasteiger partial charge in [-0.2, -0.15) is 0 Å². The highest BCUT2D eigenvalue weighted by molar-refractivity contribution is 5.40. The van der Waals surface area contributed by atoms with E-state index in [2.05, 4.69) is 31.1 Å². The Morgan fingerprint density at radius 2 is 1.95 bits per heavy atom. The van der Waals surface area contributed by atoms with Crippen LogP contribution in [-0.4, -0.2) is 50.3 Å². The fourth-order valence-corrected chi connectivity index (χ4v) is 3.47. The average molecular weight is 304 g/mol. The van der Waals surface area contributed by atoms with E-state index in [4.69, 9.17) is 9.47 Å². The van der Waals surface area contributed by atoms with Gasteiger partial charge in [-0.25, -0.2) is 0 Å². The minimum absolute atomic E-state index is 0.140. The summed E-state index contributed by atoms with van der Waals surface area (Å²) < 4.78 is 11.9. The first-order valence-electron chi connectivity index (χ1n) is 8.39. The lowest BCUT2D eigenvalue weighted by Gasteiger charge is -2.44. The van der Waals surface area contributed by atoms with Gasteiger partial charge in [0, 0.05) is 12.6 Å². The van der Waals surface area contributed by atoms with Crippen molar-refractivity contribution in [2.45, 2.75) is 38.8 Å². The van der Waals surface area contributed by atoms with Crippen LogP contribution in [0, 0.1) is 5.41 Å². The quantitative estimate of drug-likeness (QED) is 0.927. The van der Waals surface area contributed by atoms with E-state index < -0.39 is 0 Å². The molecule has 122 valence electrons. The van der Waals surface area contributed by atoms with Gasteiger partial charge in [0.25, 0.3) is 0 Å². The van der Waals surface area contributed by atoms with Crippen LogP contribution in [0.2, 0.25) is 0 Å². The number of benzene rings is 1. The molecule has 0 spiro atoms. The molecule has 0 aliphatic carbocycles. The van der Waals surface area contributed by atoms with Crippen LogP contribution in [-0.2, 0) is 0 Å². The van der Waals surface area contributed by atoms with Crippen LogP contribution in [0.25, 0.3) is 0 Å². The Kier molecular flexibility index (Phi) is 4.59. The maximum absolute atomic E-state index is 6.08. The Morgan fingerprint density at radius 1 is 1.27 bits per heavy atom. The summed E-state index contributed by atoms with van der Waals surface area (Å²) in [5.41, 5.74) is 0.405. The second-order valence-electron chi connectivity index (χ2n) is 6.96. The highest BCUT2D eigenvalue weighted by Crippen LogP contribution is 2.35. The van der Waals surface area contributed by atoms with E-state index in [1.54, 1.807) is 0 Å². The number of hydrogen-bond acceptors (Lipinski definition) is 4. The molecule has 2 aliphatic rings. The largest absolute Gasteiger partial charge is 0.486 e. The molecule has 0 radical (unpaired) electrons. The molecule has 4 nitrogen and oxygen atoms in total. The summed E-state index contributed by atoms with van der Waals surface area (Å²) in [6, 6.07) is 8.50. The number of para-hydroxylation sites is 2. The van der Waals surface area contributed by atoms with Crippen LogP contribution in [0.5, 0.6) is 11.5 Å². The Balaban J connectivity index is 1.52. The van der Waals surface area contributed by atoms with Crippen molar-refractivity contribution >= 4 is 0 Å². The van der Waals surface area contributed by atoms with E-state index in [0.29, 0.717) is 18.1 Å². The molecular formula is C18H28N2O2. The Morgan fingerprint density at radius 3 is 2.64 bits per heavy atom. The van der Waals surface area contributed by atoms with E-state index in [0.717, 1.165) is 31.1 Å². The fraction of sp³-hybridized carbons (Fsp3) is 0.667. The summed E-state index contributed by atoms with van der Waals surface area (Å²) in [4.78, 5) is 2.52. The summed E-state index contributed by atoms with van der Waals surface area (Å²) >= 11 is 0. The van der Waals surface area contributed by atoms with E-state index >= 15 is 0 Å². The smallest absolute Gasteiger partial charge is 0.161 e. The first kappa shape index (κ1) is 15.6. The van der Waals surface area contributed by atoms with E-state index in [1.165, 1.54) is 12.8 Å². The molecule has 2 atom stereocenters. The monoisotopic (exact) mass is 304 g/mol. The van der Waals surface area contributed by atoms with Crippen LogP contribution in [0.4, 0.5) is 0 Å². The summed E-state index contributed by atoms with van der Waals surface area (Å²) in [7, 11) is 2.06. The lowest BCUT2D eigenvalue weighted by molar-refractivity contribution is 0.0287. The maximum Gasteiger partial charge on any atom is 0.161 e. The molecule has 1 saturated heterocycles. The number of rotatable bonds is 4. The summed E-state index contributed by atoms with van der Waals surface area (Å²) in [5, 5.41) is 3.42. The van der Waals surface area contributed by atoms with E-state index in [9.17, 15) is 0 Å². The second kappa shape index (κ2) is 6.47. The number of fused-ring (bicyclic) bond motifs is 1. The van der Waals surface area contributed by atoms with Crippen molar-refractivity contribution in [3.63, 3.8) is 0 Å². The van der Waals surface area contributed by atoms with Crippen LogP contribution in [0.3, 0.4) is 0 Å². The van der Waals surface area contributed by atoms with E-state index in [-0.39, 0.29) is 6.10 Å². The molecule has 1 aromatic rings. The number of piperidine rings is 1. The van der Waals surface area contributed by atoms with Gasteiger partial charge < -0.3 is 14.8 Å². The van der Waals surface area contributed by atoms with Crippen molar-refractivity contribution in [3.05, 3.63) is 24.3 Å². The third-order valence-corrected chi connectivity index (χ3v) is 5.51. The molecule has 1 fully saturated rings. The molecule has 0 amide bonds. The van der Waals surface area contributed by atoms with Crippen LogP contribution >= 0.6 is 0 Å². The second-order valence-corrected chi connectivity index (χ2v) is 6.96. The zero-order valence-corrected chi connectivity index (χ0v) is 14.0. The lowest BCUT2D eigenvalue weighted by atomic mass is 9.75. The topological polar surface area (TPSA) is 33.7 Å². The normalized spacial score (nSPS) is 25.7. The Bertz CT molecular complexity index is 498. The minimum atomic E-state index is 0.140. The zero-order valence-electron chi connectivity index (χ0n) is 14.0. The third-order valence-electron chi connectivity index (χ3n) is 5.51. The standard InChI is InChI=1S/C18H28N2O2/c1-14(19-3)18(2)8-10-20(11-9-18)12-15-13-21-16-6-4-5-7-17(16)22-15/h4-7,14-15,19H,8-13H2,1-3H3/t14?,15-/m0/s1. The molecule has 1 N–H and O–H groups in total. The molecule has 22 heavy (non-hydrogen) atoms. The molecular weight excluding hydrogens is 276 g/mol. The first-order chi connectivity index (χ1) is 10.6. The SMILES string of the molecule is CNC(C)C1(C)CCN(C[C@H]2COc3ccccc3O2)CC1. The van der Waals surface area contributed by atoms with Gasteiger partial charge in [-0.1, -0.05) is 19.1 Å². The van der Waals surface area contributed by atoms with Gasteiger partial charge >= 0.3 is 0 Å². The van der Waals surface area contributed by atoms with Crippen molar-refractivity contribution in [1.29, 1.82) is 0 Å². The lowest BCUT2D eigenvalue weighted by Crippen LogP contribution is -2.50. The van der Waals surface area contributed by atoms with E-state index in [1.807, 2.05) is 24.3 Å². The van der Waals surface area contributed by atoms with Gasteiger partial charge in [-0.05, 0) is 57.5 Å². The van der Waals surface area contributed by atoms with Gasteiger partial charge in [0.05, 0.1) is 0 Å². The molecule has 3 rings (SSSR count). The number of nitrogens with zero attached hydrogens (tertiary/aromatic N) is 1. The molecule has 4 heteroatoms. The molecule has 0 saturated carbocycles. The van der Waals surface area contributed by atoms with Crippen molar-refractivity contribution in [2.75, 3.05) is 33.3 Å². The predicted molar refractivity (Wildman–Crippen MR) is 88.7 cm³/mol. The van der Waals surface area contributed by atoms with Crippen LogP contribution in [0.15, 0.2) is 24.3 Å². The Labute approximate surface area is 133 Å². The highest BCUT2D eigenvalue weighted by atomic mass is 16.6. The maximum atomic E-state index is 6.08. The minimum Gasteiger partial charge on any atom is -0.486 e. The molecule has 0 aromatic heterocycles. The van der Waals surface area contributed by atoms with Gasteiger partial charge in [0.1, 0.15) is 12.7 Å². The zero-order chi connectivity index (χ0) is 15.6. The number of nitrogens with one attached hydrogen (secondary N) is 1. The van der Waals surface area contributed by atoms with Crippen LogP contribution in [0.1, 0.15) is 26.7 Å². The average Bonchev–Trinajstić information content (AvgIpc) is 2.56. The molecule has 2 aliphatic heterocycles. The van der Waals surface area contributed by atoms with Gasteiger partial charge in [0.15, 0.2) is 11.5 Å². The highest BCUT2D eigenvalue weighted by Gasteiger charge is 2.35. The number of ether oxygens (including phenoxy) is 2. The van der Waals surface area contributed by atoms with Crippen molar-refractivity contribution in [3.8, 4) is 11.5 Å². The van der Waals surface area contributed by atoms with Crippen molar-refractivity contribution in [2.24, 2.45) is 5.41 Å². The summed E-state index contributed by atoms with van der Waals surface area (Å²) in [5.74, 6) is 1.75. The van der Waals surface area contributed by atoms with Crippen molar-refractivity contribution in [1.82, 2.24) is 10.2 Å². The van der Waals surface area contributed by atoms with Gasteiger partial charge in [-0.3, -0.25) is 4.90 Å². The molecule has 1 unspecified atom stereocenters.